The molecule has 0 spiro atoms. The molecule has 0 aromatic heterocycles. The summed E-state index contributed by atoms with van der Waals surface area (Å²) < 4.78 is 27.2. The molecule has 3 aromatic rings. The molecule has 3 N–H and O–H groups in total. The minimum atomic E-state index is -4.86. The average molecular weight is 511 g/mol. The highest BCUT2D eigenvalue weighted by molar-refractivity contribution is 7.49. The fourth-order valence-corrected chi connectivity index (χ4v) is 4.87. The van der Waals surface area contributed by atoms with Gasteiger partial charge in [0.05, 0.1) is 12.7 Å². The first-order valence-electron chi connectivity index (χ1n) is 11.3. The molecule has 0 saturated carbocycles. The van der Waals surface area contributed by atoms with Crippen molar-refractivity contribution in [2.45, 2.75) is 31.6 Å². The number of nitrogens with one attached hydrogen (secondary N) is 1. The molecule has 3 aromatic carbocycles. The number of hydrogen-bond donors (Lipinski definition) is 3. The average Bonchev–Trinajstić information content (AvgIpc) is 3.18. The first-order chi connectivity index (χ1) is 17.2. The largest absolute Gasteiger partial charge is 0.516 e. The maximum atomic E-state index is 12.7. The van der Waals surface area contributed by atoms with E-state index in [4.69, 9.17) is 14.2 Å². The molecular weight excluding hydrogens is 485 g/mol. The molecule has 9 nitrogen and oxygen atoms in total. The predicted molar refractivity (Wildman–Crippen MR) is 131 cm³/mol. The van der Waals surface area contributed by atoms with Crippen LogP contribution in [-0.4, -0.2) is 40.7 Å². The summed E-state index contributed by atoms with van der Waals surface area (Å²) in [5.74, 6) is -1.46. The van der Waals surface area contributed by atoms with Crippen molar-refractivity contribution in [3.63, 3.8) is 0 Å². The highest BCUT2D eigenvalue weighted by atomic mass is 31.2. The molecule has 0 aliphatic heterocycles. The van der Waals surface area contributed by atoms with Crippen LogP contribution in [0, 0.1) is 0 Å². The minimum absolute atomic E-state index is 0.0726. The second-order valence-electron chi connectivity index (χ2n) is 8.36. The van der Waals surface area contributed by atoms with Crippen LogP contribution >= 0.6 is 7.75 Å². The lowest BCUT2D eigenvalue weighted by molar-refractivity contribution is -0.146. The molecule has 0 unspecified atom stereocenters. The van der Waals surface area contributed by atoms with Gasteiger partial charge in [-0.25, -0.2) is 19.2 Å². The van der Waals surface area contributed by atoms with E-state index in [0.717, 1.165) is 27.8 Å². The van der Waals surface area contributed by atoms with Crippen LogP contribution in [0.25, 0.3) is 11.1 Å². The lowest BCUT2D eigenvalue weighted by atomic mass is 9.98. The summed E-state index contributed by atoms with van der Waals surface area (Å²) in [6.45, 7) is 1.45. The Kier molecular flexibility index (Phi) is 7.98. The second kappa shape index (κ2) is 11.2. The molecule has 188 valence electrons. The van der Waals surface area contributed by atoms with Crippen molar-refractivity contribution in [3.05, 3.63) is 95.6 Å². The number of carbonyl (C=O) groups excluding carboxylic acids is 2. The Balaban J connectivity index is 1.39. The zero-order chi connectivity index (χ0) is 25.7. The van der Waals surface area contributed by atoms with Crippen LogP contribution in [0.2, 0.25) is 0 Å². The van der Waals surface area contributed by atoms with Crippen molar-refractivity contribution >= 4 is 19.9 Å². The molecule has 0 amide bonds. The van der Waals surface area contributed by atoms with Gasteiger partial charge in [0, 0.05) is 5.92 Å². The highest BCUT2D eigenvalue weighted by Crippen LogP contribution is 2.44. The summed E-state index contributed by atoms with van der Waals surface area (Å²) in [6.07, 6.45) is -2.30. The SMILES string of the molecule is C[C@@H](OCc1ccccc1)[C@H](NP(=O)(O)O)C(=O)OC(=O)OCC1c2ccccc2-c2ccccc21. The Morgan fingerprint density at radius 3 is 2.06 bits per heavy atom. The van der Waals surface area contributed by atoms with Crippen LogP contribution in [0.5, 0.6) is 0 Å². The van der Waals surface area contributed by atoms with Gasteiger partial charge in [0.15, 0.2) is 0 Å². The topological polar surface area (TPSA) is 131 Å². The van der Waals surface area contributed by atoms with Gasteiger partial charge in [-0.15, -0.1) is 0 Å². The number of rotatable bonds is 9. The fourth-order valence-electron chi connectivity index (χ4n) is 4.19. The molecule has 0 radical (unpaired) electrons. The third-order valence-electron chi connectivity index (χ3n) is 5.90. The fraction of sp³-hybridized carbons (Fsp3) is 0.231. The van der Waals surface area contributed by atoms with E-state index in [1.807, 2.05) is 59.7 Å². The van der Waals surface area contributed by atoms with Crippen molar-refractivity contribution in [2.24, 2.45) is 0 Å². The number of carbonyl (C=O) groups is 2. The van der Waals surface area contributed by atoms with Crippen LogP contribution in [-0.2, 0) is 30.2 Å². The van der Waals surface area contributed by atoms with Gasteiger partial charge in [0.25, 0.3) is 0 Å². The Morgan fingerprint density at radius 1 is 0.917 bits per heavy atom. The van der Waals surface area contributed by atoms with Crippen LogP contribution in [0.1, 0.15) is 29.5 Å². The third-order valence-corrected chi connectivity index (χ3v) is 6.52. The van der Waals surface area contributed by atoms with Crippen molar-refractivity contribution in [3.8, 4) is 11.1 Å². The van der Waals surface area contributed by atoms with E-state index in [1.165, 1.54) is 6.92 Å². The Labute approximate surface area is 208 Å². The van der Waals surface area contributed by atoms with Gasteiger partial charge in [0.1, 0.15) is 12.6 Å². The molecule has 10 heteroatoms. The van der Waals surface area contributed by atoms with Gasteiger partial charge in [-0.2, -0.15) is 0 Å². The number of fused-ring (bicyclic) bond motifs is 3. The van der Waals surface area contributed by atoms with Crippen molar-refractivity contribution in [2.75, 3.05) is 6.61 Å². The van der Waals surface area contributed by atoms with Gasteiger partial charge < -0.3 is 24.0 Å². The van der Waals surface area contributed by atoms with E-state index < -0.39 is 32.0 Å². The number of benzene rings is 3. The molecule has 1 aliphatic carbocycles. The van der Waals surface area contributed by atoms with Crippen LogP contribution in [0.3, 0.4) is 0 Å². The zero-order valence-corrected chi connectivity index (χ0v) is 20.3. The first-order valence-corrected chi connectivity index (χ1v) is 12.9. The monoisotopic (exact) mass is 511 g/mol. The molecule has 1 aliphatic rings. The smallest absolute Gasteiger partial charge is 0.433 e. The zero-order valence-electron chi connectivity index (χ0n) is 19.4. The number of esters is 1. The van der Waals surface area contributed by atoms with E-state index in [2.05, 4.69) is 0 Å². The molecule has 4 rings (SSSR count). The normalized spacial score (nSPS) is 14.4. The highest BCUT2D eigenvalue weighted by Gasteiger charge is 2.35. The summed E-state index contributed by atoms with van der Waals surface area (Å²) in [6, 6.07) is 23.0. The summed E-state index contributed by atoms with van der Waals surface area (Å²) >= 11 is 0. The van der Waals surface area contributed by atoms with Gasteiger partial charge in [-0.1, -0.05) is 78.9 Å². The van der Waals surface area contributed by atoms with Gasteiger partial charge in [-0.3, -0.25) is 0 Å². The molecule has 0 bridgehead atoms. The van der Waals surface area contributed by atoms with Crippen LogP contribution in [0.15, 0.2) is 78.9 Å². The van der Waals surface area contributed by atoms with Crippen molar-refractivity contribution in [1.29, 1.82) is 0 Å². The lowest BCUT2D eigenvalue weighted by Crippen LogP contribution is -2.46. The van der Waals surface area contributed by atoms with Gasteiger partial charge >= 0.3 is 19.9 Å². The molecule has 0 fully saturated rings. The second-order valence-corrected chi connectivity index (χ2v) is 9.71. The number of hydrogen-bond acceptors (Lipinski definition) is 6. The number of ether oxygens (including phenoxy) is 3. The van der Waals surface area contributed by atoms with E-state index in [9.17, 15) is 23.9 Å². The van der Waals surface area contributed by atoms with Gasteiger partial charge in [-0.05, 0) is 34.7 Å². The van der Waals surface area contributed by atoms with E-state index in [1.54, 1.807) is 24.3 Å². The molecule has 0 saturated heterocycles. The molecule has 0 heterocycles. The summed E-state index contributed by atoms with van der Waals surface area (Å²) in [4.78, 5) is 43.8. The van der Waals surface area contributed by atoms with Crippen LogP contribution < -0.4 is 5.09 Å². The standard InChI is InChI=1S/C26H26NO8P/c1-17(33-15-18-9-3-2-4-10-18)24(27-36(30,31)32)25(28)35-26(29)34-16-23-21-13-7-5-11-19(21)20-12-6-8-14-22(20)23/h2-14,17,23-24H,15-16H2,1H3,(H3,27,30,31,32)/t17-,24+/m1/s1. The quantitative estimate of drug-likeness (QED) is 0.220. The van der Waals surface area contributed by atoms with E-state index in [0.29, 0.717) is 0 Å². The van der Waals surface area contributed by atoms with E-state index in [-0.39, 0.29) is 19.1 Å². The van der Waals surface area contributed by atoms with Gasteiger partial charge in [0.2, 0.25) is 0 Å². The summed E-state index contributed by atoms with van der Waals surface area (Å²) in [7, 11) is -4.86. The Bertz CT molecular complexity index is 1230. The summed E-state index contributed by atoms with van der Waals surface area (Å²) in [5.41, 5.74) is 4.86. The van der Waals surface area contributed by atoms with Crippen molar-refractivity contribution in [1.82, 2.24) is 5.09 Å². The first kappa shape index (κ1) is 25.8. The Morgan fingerprint density at radius 2 is 1.47 bits per heavy atom. The van der Waals surface area contributed by atoms with Crippen LogP contribution in [0.4, 0.5) is 4.79 Å². The third kappa shape index (κ3) is 6.26. The van der Waals surface area contributed by atoms with E-state index >= 15 is 0 Å². The molecule has 36 heavy (non-hydrogen) atoms. The summed E-state index contributed by atoms with van der Waals surface area (Å²) in [5, 5.41) is 1.88. The maximum absolute atomic E-state index is 12.7. The van der Waals surface area contributed by atoms with Crippen molar-refractivity contribution < 1.29 is 38.2 Å². The minimum Gasteiger partial charge on any atom is -0.433 e. The Hall–Kier alpha value is -3.33. The lowest BCUT2D eigenvalue weighted by Gasteiger charge is -2.24. The molecular formula is C26H26NO8P. The maximum Gasteiger partial charge on any atom is 0.516 e. The predicted octanol–water partition coefficient (Wildman–Crippen LogP) is 4.13. The molecule has 2 atom stereocenters.